The summed E-state index contributed by atoms with van der Waals surface area (Å²) in [6.07, 6.45) is 4.00. The fourth-order valence-electron chi connectivity index (χ4n) is 2.33. The first-order chi connectivity index (χ1) is 12.6. The number of esters is 1. The van der Waals surface area contributed by atoms with Gasteiger partial charge in [0.2, 0.25) is 0 Å². The van der Waals surface area contributed by atoms with Gasteiger partial charge in [0.25, 0.3) is 0 Å². The number of nitriles is 1. The third-order valence-electron chi connectivity index (χ3n) is 3.96. The molecule has 0 aliphatic heterocycles. The number of carbonyl (C=O) groups excluding carboxylic acids is 1. The third kappa shape index (κ3) is 4.77. The summed E-state index contributed by atoms with van der Waals surface area (Å²) in [5, 5.41) is 12.2. The zero-order valence-corrected chi connectivity index (χ0v) is 15.7. The number of aromatic nitrogens is 1. The van der Waals surface area contributed by atoms with Gasteiger partial charge in [-0.05, 0) is 43.0 Å². The maximum absolute atomic E-state index is 11.9. The van der Waals surface area contributed by atoms with Crippen LogP contribution in [0.25, 0.3) is 0 Å². The van der Waals surface area contributed by atoms with Crippen LogP contribution in [0.4, 0.5) is 5.69 Å². The molecular formula is C20H21N3O2S. The van der Waals surface area contributed by atoms with Crippen molar-refractivity contribution in [1.29, 1.82) is 5.26 Å². The van der Waals surface area contributed by atoms with E-state index in [0.717, 1.165) is 10.7 Å². The molecule has 1 aliphatic carbocycles. The summed E-state index contributed by atoms with van der Waals surface area (Å²) >= 11 is 1.51. The number of thiazole rings is 1. The largest absolute Gasteiger partial charge is 0.462 e. The topological polar surface area (TPSA) is 75.3 Å². The van der Waals surface area contributed by atoms with Gasteiger partial charge in [-0.25, -0.2) is 9.78 Å². The number of rotatable bonds is 7. The van der Waals surface area contributed by atoms with Crippen molar-refractivity contribution < 1.29 is 9.53 Å². The molecule has 3 rings (SSSR count). The second-order valence-electron chi connectivity index (χ2n) is 6.81. The number of hydrogen-bond donors (Lipinski definition) is 0. The molecule has 6 heteroatoms. The Morgan fingerprint density at radius 2 is 2.15 bits per heavy atom. The van der Waals surface area contributed by atoms with Gasteiger partial charge >= 0.3 is 5.97 Å². The quantitative estimate of drug-likeness (QED) is 0.518. The first-order valence-electron chi connectivity index (χ1n) is 8.73. The second-order valence-corrected chi connectivity index (χ2v) is 7.70. The summed E-state index contributed by atoms with van der Waals surface area (Å²) < 4.78 is 5.20. The molecule has 1 saturated carbocycles. The van der Waals surface area contributed by atoms with Gasteiger partial charge in [-0.15, -0.1) is 11.3 Å². The lowest BCUT2D eigenvalue weighted by molar-refractivity contribution is 0.0459. The fraction of sp³-hybridized carbons (Fsp3) is 0.400. The molecule has 1 unspecified atom stereocenters. The Balaban J connectivity index is 1.63. The molecule has 0 N–H and O–H groups in total. The van der Waals surface area contributed by atoms with Gasteiger partial charge in [0.05, 0.1) is 29.6 Å². The molecule has 0 amide bonds. The number of nitrogens with zero attached hydrogens (tertiary/aromatic N) is 3. The van der Waals surface area contributed by atoms with Gasteiger partial charge < -0.3 is 4.74 Å². The van der Waals surface area contributed by atoms with E-state index in [0.29, 0.717) is 29.7 Å². The highest BCUT2D eigenvalue weighted by Crippen LogP contribution is 2.40. The van der Waals surface area contributed by atoms with E-state index in [1.54, 1.807) is 30.5 Å². The molecule has 1 aromatic heterocycles. The van der Waals surface area contributed by atoms with E-state index in [2.05, 4.69) is 16.0 Å². The van der Waals surface area contributed by atoms with Gasteiger partial charge in [-0.2, -0.15) is 5.26 Å². The Bertz CT molecular complexity index is 829. The van der Waals surface area contributed by atoms with Gasteiger partial charge in [0, 0.05) is 17.5 Å². The fourth-order valence-corrected chi connectivity index (χ4v) is 3.24. The number of carbonyl (C=O) groups is 1. The lowest BCUT2D eigenvalue weighted by atomic mass is 10.2. The summed E-state index contributed by atoms with van der Waals surface area (Å²) in [5.41, 5.74) is 2.28. The van der Waals surface area contributed by atoms with E-state index in [9.17, 15) is 10.1 Å². The van der Waals surface area contributed by atoms with Crippen LogP contribution < -0.4 is 0 Å². The number of aliphatic imine (C=N–C) groups is 1. The van der Waals surface area contributed by atoms with Crippen LogP contribution in [0.2, 0.25) is 0 Å². The minimum absolute atomic E-state index is 0.303. The standard InChI is InChI=1S/C20H21N3O2S/c1-13(2)11-25-20(24)15-5-7-17(8-6-15)22-10-16(9-21)19-23-18(12-26-19)14-3-4-14/h5-8,10,12-14,16H,3-4,11H2,1-2H3. The minimum Gasteiger partial charge on any atom is -0.462 e. The Morgan fingerprint density at radius 3 is 2.77 bits per heavy atom. The van der Waals surface area contributed by atoms with Crippen molar-refractivity contribution in [1.82, 2.24) is 4.98 Å². The highest BCUT2D eigenvalue weighted by atomic mass is 32.1. The molecule has 0 radical (unpaired) electrons. The predicted molar refractivity (Wildman–Crippen MR) is 102 cm³/mol. The Morgan fingerprint density at radius 1 is 1.42 bits per heavy atom. The minimum atomic E-state index is -0.455. The average molecular weight is 367 g/mol. The molecule has 0 saturated heterocycles. The van der Waals surface area contributed by atoms with Crippen LogP contribution in [-0.2, 0) is 4.74 Å². The van der Waals surface area contributed by atoms with Crippen molar-refractivity contribution in [3.8, 4) is 6.07 Å². The molecule has 2 aromatic rings. The van der Waals surface area contributed by atoms with E-state index < -0.39 is 5.92 Å². The number of ether oxygens (including phenoxy) is 1. The first-order valence-corrected chi connectivity index (χ1v) is 9.61. The van der Waals surface area contributed by atoms with Crippen molar-refractivity contribution >= 4 is 29.2 Å². The molecule has 1 aliphatic rings. The molecule has 1 heterocycles. The molecular weight excluding hydrogens is 346 g/mol. The molecule has 1 aromatic carbocycles. The summed E-state index contributed by atoms with van der Waals surface area (Å²) in [5.74, 6) is 0.0963. The van der Waals surface area contributed by atoms with Gasteiger partial charge in [0.1, 0.15) is 10.9 Å². The average Bonchev–Trinajstić information content (AvgIpc) is 3.39. The van der Waals surface area contributed by atoms with Crippen molar-refractivity contribution in [2.24, 2.45) is 10.9 Å². The van der Waals surface area contributed by atoms with Crippen molar-refractivity contribution in [2.75, 3.05) is 6.61 Å². The zero-order valence-electron chi connectivity index (χ0n) is 14.9. The van der Waals surface area contributed by atoms with Crippen LogP contribution in [0.5, 0.6) is 0 Å². The number of benzene rings is 1. The van der Waals surface area contributed by atoms with Crippen LogP contribution in [0.15, 0.2) is 34.6 Å². The van der Waals surface area contributed by atoms with Gasteiger partial charge in [0.15, 0.2) is 0 Å². The molecule has 1 fully saturated rings. The molecule has 26 heavy (non-hydrogen) atoms. The lowest BCUT2D eigenvalue weighted by Crippen LogP contribution is -2.09. The Labute approximate surface area is 157 Å². The van der Waals surface area contributed by atoms with Crippen LogP contribution in [0.1, 0.15) is 59.6 Å². The molecule has 134 valence electrons. The Kier molecular flexibility index (Phi) is 5.79. The first kappa shape index (κ1) is 18.3. The maximum atomic E-state index is 11.9. The van der Waals surface area contributed by atoms with Crippen molar-refractivity contribution in [3.05, 3.63) is 45.9 Å². The van der Waals surface area contributed by atoms with Crippen LogP contribution in [0, 0.1) is 17.2 Å². The van der Waals surface area contributed by atoms with Crippen LogP contribution in [-0.4, -0.2) is 23.8 Å². The highest BCUT2D eigenvalue weighted by Gasteiger charge is 2.27. The molecule has 5 nitrogen and oxygen atoms in total. The van der Waals surface area contributed by atoms with E-state index in [-0.39, 0.29) is 5.97 Å². The van der Waals surface area contributed by atoms with E-state index >= 15 is 0 Å². The smallest absolute Gasteiger partial charge is 0.338 e. The SMILES string of the molecule is CC(C)COC(=O)c1ccc(N=CC(C#N)c2nc(C3CC3)cs2)cc1. The van der Waals surface area contributed by atoms with Crippen molar-refractivity contribution in [2.45, 2.75) is 38.5 Å². The summed E-state index contributed by atoms with van der Waals surface area (Å²) in [4.78, 5) is 20.8. The van der Waals surface area contributed by atoms with Crippen molar-refractivity contribution in [3.63, 3.8) is 0 Å². The lowest BCUT2D eigenvalue weighted by Gasteiger charge is -2.07. The van der Waals surface area contributed by atoms with Crippen LogP contribution in [0.3, 0.4) is 0 Å². The molecule has 0 bridgehead atoms. The van der Waals surface area contributed by atoms with Gasteiger partial charge in [-0.1, -0.05) is 13.8 Å². The third-order valence-corrected chi connectivity index (χ3v) is 4.91. The summed E-state index contributed by atoms with van der Waals surface area (Å²) in [7, 11) is 0. The highest BCUT2D eigenvalue weighted by molar-refractivity contribution is 7.09. The normalized spacial score (nSPS) is 15.2. The van der Waals surface area contributed by atoms with E-state index in [1.807, 2.05) is 19.2 Å². The van der Waals surface area contributed by atoms with Gasteiger partial charge in [-0.3, -0.25) is 4.99 Å². The molecule has 1 atom stereocenters. The van der Waals surface area contributed by atoms with E-state index in [4.69, 9.17) is 4.74 Å². The second kappa shape index (κ2) is 8.24. The molecule has 0 spiro atoms. The summed E-state index contributed by atoms with van der Waals surface area (Å²) in [6.45, 7) is 4.39. The predicted octanol–water partition coefficient (Wildman–Crippen LogP) is 4.84. The monoisotopic (exact) mass is 367 g/mol. The maximum Gasteiger partial charge on any atom is 0.338 e. The number of hydrogen-bond acceptors (Lipinski definition) is 6. The Hall–Kier alpha value is -2.52. The summed E-state index contributed by atoms with van der Waals surface area (Å²) in [6, 6.07) is 9.10. The zero-order chi connectivity index (χ0) is 18.5. The van der Waals surface area contributed by atoms with Crippen LogP contribution >= 0.6 is 11.3 Å². The van der Waals surface area contributed by atoms with E-state index in [1.165, 1.54) is 24.2 Å².